The van der Waals surface area contributed by atoms with Crippen molar-refractivity contribution in [3.63, 3.8) is 0 Å². The van der Waals surface area contributed by atoms with E-state index in [0.29, 0.717) is 12.2 Å². The Morgan fingerprint density at radius 1 is 0.964 bits per heavy atom. The maximum Gasteiger partial charge on any atom is 0.152 e. The summed E-state index contributed by atoms with van der Waals surface area (Å²) < 4.78 is 24.3. The van der Waals surface area contributed by atoms with Crippen LogP contribution in [0.2, 0.25) is 0 Å². The van der Waals surface area contributed by atoms with Gasteiger partial charge < -0.3 is 5.32 Å². The fraction of sp³-hybridized carbons (Fsp3) is 0.478. The van der Waals surface area contributed by atoms with Gasteiger partial charge in [0.25, 0.3) is 0 Å². The molecule has 1 heterocycles. The first-order valence-corrected chi connectivity index (χ1v) is 11.9. The molecule has 5 heteroatoms. The zero-order valence-corrected chi connectivity index (χ0v) is 18.1. The van der Waals surface area contributed by atoms with Crippen LogP contribution in [0.25, 0.3) is 0 Å². The molecule has 0 amide bonds. The highest BCUT2D eigenvalue weighted by Crippen LogP contribution is 2.30. The molecule has 4 nitrogen and oxygen atoms in total. The van der Waals surface area contributed by atoms with Gasteiger partial charge in [-0.05, 0) is 38.3 Å². The van der Waals surface area contributed by atoms with Crippen LogP contribution in [-0.4, -0.2) is 43.5 Å². The van der Waals surface area contributed by atoms with E-state index in [1.165, 1.54) is 22.3 Å². The minimum atomic E-state index is -2.94. The standard InChI is InChI=1S/C23H32N2O2S/c1-19-4-8-21(9-5-19)16-24-13-14-25(17-22-10-6-20(2)7-11-22)23(3)12-15-28(26,27)18-23/h4-11,24H,12-18H2,1-3H3/t23-/m1/s1. The molecule has 3 rings (SSSR count). The minimum absolute atomic E-state index is 0.254. The number of sulfone groups is 1. The van der Waals surface area contributed by atoms with Crippen molar-refractivity contribution in [2.75, 3.05) is 24.6 Å². The van der Waals surface area contributed by atoms with E-state index in [-0.39, 0.29) is 11.3 Å². The first-order chi connectivity index (χ1) is 13.3. The van der Waals surface area contributed by atoms with Gasteiger partial charge in [0.15, 0.2) is 9.84 Å². The number of hydrogen-bond acceptors (Lipinski definition) is 4. The van der Waals surface area contributed by atoms with Crippen LogP contribution in [0.5, 0.6) is 0 Å². The third kappa shape index (κ3) is 5.66. The van der Waals surface area contributed by atoms with E-state index in [1.807, 2.05) is 0 Å². The van der Waals surface area contributed by atoms with Crippen LogP contribution in [0.3, 0.4) is 0 Å². The monoisotopic (exact) mass is 400 g/mol. The second-order valence-corrected chi connectivity index (χ2v) is 10.6. The Morgan fingerprint density at radius 2 is 1.54 bits per heavy atom. The maximum atomic E-state index is 12.1. The van der Waals surface area contributed by atoms with E-state index < -0.39 is 9.84 Å². The van der Waals surface area contributed by atoms with Gasteiger partial charge in [0.2, 0.25) is 0 Å². The van der Waals surface area contributed by atoms with Gasteiger partial charge >= 0.3 is 0 Å². The largest absolute Gasteiger partial charge is 0.311 e. The van der Waals surface area contributed by atoms with Crippen molar-refractivity contribution in [2.24, 2.45) is 0 Å². The molecule has 28 heavy (non-hydrogen) atoms. The van der Waals surface area contributed by atoms with Crippen LogP contribution in [0.4, 0.5) is 0 Å². The maximum absolute atomic E-state index is 12.1. The van der Waals surface area contributed by atoms with Crippen molar-refractivity contribution in [1.29, 1.82) is 0 Å². The van der Waals surface area contributed by atoms with E-state index >= 15 is 0 Å². The van der Waals surface area contributed by atoms with Crippen molar-refractivity contribution in [3.8, 4) is 0 Å². The molecule has 2 aromatic rings. The Labute approximate surface area is 169 Å². The molecule has 1 N–H and O–H groups in total. The first-order valence-electron chi connectivity index (χ1n) is 10.0. The number of aryl methyl sites for hydroxylation is 2. The molecule has 1 atom stereocenters. The number of benzene rings is 2. The molecule has 0 radical (unpaired) electrons. The zero-order valence-electron chi connectivity index (χ0n) is 17.2. The smallest absolute Gasteiger partial charge is 0.152 e. The van der Waals surface area contributed by atoms with Crippen molar-refractivity contribution >= 4 is 9.84 Å². The summed E-state index contributed by atoms with van der Waals surface area (Å²) in [5.41, 5.74) is 4.71. The average Bonchev–Trinajstić information content (AvgIpc) is 2.95. The van der Waals surface area contributed by atoms with E-state index in [0.717, 1.165) is 26.2 Å². The lowest BCUT2D eigenvalue weighted by molar-refractivity contribution is 0.117. The molecule has 0 unspecified atom stereocenters. The van der Waals surface area contributed by atoms with E-state index in [9.17, 15) is 8.42 Å². The summed E-state index contributed by atoms with van der Waals surface area (Å²) in [6.45, 7) is 9.54. The van der Waals surface area contributed by atoms with Gasteiger partial charge in [0.1, 0.15) is 0 Å². The van der Waals surface area contributed by atoms with Crippen LogP contribution < -0.4 is 5.32 Å². The molecule has 0 aliphatic carbocycles. The van der Waals surface area contributed by atoms with Gasteiger partial charge in [-0.15, -0.1) is 0 Å². The molecule has 0 spiro atoms. The lowest BCUT2D eigenvalue weighted by Crippen LogP contribution is -2.49. The summed E-state index contributed by atoms with van der Waals surface area (Å²) in [6, 6.07) is 17.1. The molecule has 0 saturated carbocycles. The fourth-order valence-corrected chi connectivity index (χ4v) is 6.02. The van der Waals surface area contributed by atoms with Gasteiger partial charge in [-0.2, -0.15) is 0 Å². The van der Waals surface area contributed by atoms with E-state index in [4.69, 9.17) is 0 Å². The molecule has 1 fully saturated rings. The Kier molecular flexibility index (Phi) is 6.58. The quantitative estimate of drug-likeness (QED) is 0.690. The molecular formula is C23H32N2O2S. The SMILES string of the molecule is Cc1ccc(CNCCN(Cc2ccc(C)cc2)[C@]2(C)CCS(=O)(=O)C2)cc1. The Morgan fingerprint density at radius 3 is 2.07 bits per heavy atom. The third-order valence-electron chi connectivity index (χ3n) is 5.75. The highest BCUT2D eigenvalue weighted by Gasteiger charge is 2.42. The summed E-state index contributed by atoms with van der Waals surface area (Å²) in [5, 5.41) is 3.52. The molecular weight excluding hydrogens is 368 g/mol. The van der Waals surface area contributed by atoms with E-state index in [1.54, 1.807) is 0 Å². The second kappa shape index (κ2) is 8.76. The first kappa shape index (κ1) is 21.0. The Bertz CT molecular complexity index is 876. The highest BCUT2D eigenvalue weighted by atomic mass is 32.2. The predicted molar refractivity (Wildman–Crippen MR) is 116 cm³/mol. The topological polar surface area (TPSA) is 49.4 Å². The molecule has 1 aliphatic rings. The van der Waals surface area contributed by atoms with Crippen LogP contribution in [0.15, 0.2) is 48.5 Å². The Hall–Kier alpha value is -1.69. The average molecular weight is 401 g/mol. The normalized spacial score (nSPS) is 21.3. The van der Waals surface area contributed by atoms with Gasteiger partial charge in [0.05, 0.1) is 11.5 Å². The lowest BCUT2D eigenvalue weighted by atomic mass is 9.98. The summed E-state index contributed by atoms with van der Waals surface area (Å²) in [6.07, 6.45) is 0.707. The predicted octanol–water partition coefficient (Wildman–Crippen LogP) is 3.47. The molecule has 1 saturated heterocycles. The highest BCUT2D eigenvalue weighted by molar-refractivity contribution is 7.91. The van der Waals surface area contributed by atoms with Crippen LogP contribution in [0.1, 0.15) is 35.6 Å². The van der Waals surface area contributed by atoms with Crippen LogP contribution in [0, 0.1) is 13.8 Å². The molecule has 2 aromatic carbocycles. The number of nitrogens with zero attached hydrogens (tertiary/aromatic N) is 1. The number of rotatable bonds is 8. The minimum Gasteiger partial charge on any atom is -0.311 e. The van der Waals surface area contributed by atoms with Crippen molar-refractivity contribution in [3.05, 3.63) is 70.8 Å². The molecule has 0 bridgehead atoms. The van der Waals surface area contributed by atoms with Gasteiger partial charge in [-0.3, -0.25) is 4.90 Å². The van der Waals surface area contributed by atoms with Crippen LogP contribution in [-0.2, 0) is 22.9 Å². The van der Waals surface area contributed by atoms with Gasteiger partial charge in [0, 0.05) is 31.7 Å². The Balaban J connectivity index is 1.63. The second-order valence-electron chi connectivity index (χ2n) is 8.41. The molecule has 152 valence electrons. The molecule has 0 aromatic heterocycles. The lowest BCUT2D eigenvalue weighted by Gasteiger charge is -2.38. The van der Waals surface area contributed by atoms with Crippen molar-refractivity contribution in [2.45, 2.75) is 45.8 Å². The summed E-state index contributed by atoms with van der Waals surface area (Å²) in [5.74, 6) is 0.550. The zero-order chi connectivity index (χ0) is 20.2. The number of nitrogens with one attached hydrogen (secondary N) is 1. The summed E-state index contributed by atoms with van der Waals surface area (Å²) in [4.78, 5) is 2.35. The molecule has 1 aliphatic heterocycles. The summed E-state index contributed by atoms with van der Waals surface area (Å²) >= 11 is 0. The fourth-order valence-electron chi connectivity index (χ4n) is 3.85. The van der Waals surface area contributed by atoms with Gasteiger partial charge in [-0.25, -0.2) is 8.42 Å². The van der Waals surface area contributed by atoms with Crippen molar-refractivity contribution < 1.29 is 8.42 Å². The van der Waals surface area contributed by atoms with Crippen LogP contribution >= 0.6 is 0 Å². The number of hydrogen-bond donors (Lipinski definition) is 1. The van der Waals surface area contributed by atoms with E-state index in [2.05, 4.69) is 79.5 Å². The van der Waals surface area contributed by atoms with Gasteiger partial charge in [-0.1, -0.05) is 59.7 Å². The summed E-state index contributed by atoms with van der Waals surface area (Å²) in [7, 11) is -2.94. The van der Waals surface area contributed by atoms with Crippen molar-refractivity contribution in [1.82, 2.24) is 10.2 Å². The third-order valence-corrected chi connectivity index (χ3v) is 7.64.